The molecule has 0 aromatic carbocycles. The molecule has 1 aliphatic rings. The summed E-state index contributed by atoms with van der Waals surface area (Å²) in [7, 11) is 0. The number of carbonyl (C=O) groups excluding carboxylic acids is 1. The fraction of sp³-hybridized carbons (Fsp3) is 0.875. The van der Waals surface area contributed by atoms with Gasteiger partial charge in [0, 0.05) is 19.6 Å². The molecule has 76 valence electrons. The first kappa shape index (κ1) is 10.3. The Morgan fingerprint density at radius 2 is 2.54 bits per heavy atom. The van der Waals surface area contributed by atoms with Crippen molar-refractivity contribution in [2.75, 3.05) is 32.8 Å². The number of nitrogens with zero attached hydrogens (tertiary/aromatic N) is 1. The predicted molar refractivity (Wildman–Crippen MR) is 49.4 cm³/mol. The molecule has 0 radical (unpaired) electrons. The highest BCUT2D eigenvalue weighted by atomic mass is 16.5. The molecule has 2 amide bonds. The van der Waals surface area contributed by atoms with E-state index in [2.05, 4.69) is 5.32 Å². The molecule has 1 heterocycles. The van der Waals surface area contributed by atoms with E-state index in [0.717, 1.165) is 0 Å². The van der Waals surface area contributed by atoms with E-state index in [0.29, 0.717) is 32.8 Å². The predicted octanol–water partition coefficient (Wildman–Crippen LogP) is -0.625. The van der Waals surface area contributed by atoms with Crippen molar-refractivity contribution in [3.63, 3.8) is 0 Å². The van der Waals surface area contributed by atoms with Crippen LogP contribution < -0.4 is 11.1 Å². The molecular weight excluding hydrogens is 170 g/mol. The molecule has 0 spiro atoms. The van der Waals surface area contributed by atoms with Crippen LogP contribution in [-0.4, -0.2) is 49.8 Å². The molecule has 3 N–H and O–H groups in total. The standard InChI is InChI=1S/C8H17N3O2/c1-7-6-13-5-4-11(7)8(12)10-3-2-9/h7H,2-6,9H2,1H3,(H,10,12). The average Bonchev–Trinajstić information content (AvgIpc) is 2.15. The summed E-state index contributed by atoms with van der Waals surface area (Å²) in [6, 6.07) is 0.118. The molecule has 1 atom stereocenters. The van der Waals surface area contributed by atoms with Crippen LogP contribution in [0.25, 0.3) is 0 Å². The number of hydrogen-bond acceptors (Lipinski definition) is 3. The number of urea groups is 1. The van der Waals surface area contributed by atoms with E-state index < -0.39 is 0 Å². The van der Waals surface area contributed by atoms with E-state index >= 15 is 0 Å². The highest BCUT2D eigenvalue weighted by molar-refractivity contribution is 5.74. The number of rotatable bonds is 2. The monoisotopic (exact) mass is 187 g/mol. The Kier molecular flexibility index (Phi) is 3.98. The Labute approximate surface area is 78.2 Å². The molecule has 1 fully saturated rings. The van der Waals surface area contributed by atoms with Crippen molar-refractivity contribution >= 4 is 6.03 Å². The molecule has 5 nitrogen and oxygen atoms in total. The summed E-state index contributed by atoms with van der Waals surface area (Å²) in [5, 5.41) is 2.74. The van der Waals surface area contributed by atoms with Gasteiger partial charge < -0.3 is 20.7 Å². The van der Waals surface area contributed by atoms with Gasteiger partial charge in [-0.3, -0.25) is 0 Å². The van der Waals surface area contributed by atoms with E-state index in [9.17, 15) is 4.79 Å². The van der Waals surface area contributed by atoms with Gasteiger partial charge in [0.1, 0.15) is 0 Å². The van der Waals surface area contributed by atoms with Gasteiger partial charge >= 0.3 is 6.03 Å². The normalized spacial score (nSPS) is 22.9. The lowest BCUT2D eigenvalue weighted by atomic mass is 10.3. The maximum atomic E-state index is 11.5. The summed E-state index contributed by atoms with van der Waals surface area (Å²) in [4.78, 5) is 13.2. The molecule has 0 saturated carbocycles. The Bertz CT molecular complexity index is 175. The molecule has 1 unspecified atom stereocenters. The second-order valence-corrected chi connectivity index (χ2v) is 3.14. The Hall–Kier alpha value is -0.810. The van der Waals surface area contributed by atoms with Gasteiger partial charge in [-0.05, 0) is 6.92 Å². The lowest BCUT2D eigenvalue weighted by Gasteiger charge is -2.33. The van der Waals surface area contributed by atoms with Gasteiger partial charge in [-0.1, -0.05) is 0 Å². The van der Waals surface area contributed by atoms with Crippen molar-refractivity contribution in [1.82, 2.24) is 10.2 Å². The minimum absolute atomic E-state index is 0.0405. The van der Waals surface area contributed by atoms with Crippen molar-refractivity contribution in [3.8, 4) is 0 Å². The molecule has 5 heteroatoms. The summed E-state index contributed by atoms with van der Waals surface area (Å²) in [6.45, 7) is 4.89. The third-order valence-electron chi connectivity index (χ3n) is 2.05. The van der Waals surface area contributed by atoms with E-state index in [4.69, 9.17) is 10.5 Å². The average molecular weight is 187 g/mol. The molecular formula is C8H17N3O2. The first-order chi connectivity index (χ1) is 6.25. The van der Waals surface area contributed by atoms with Crippen LogP contribution in [0.4, 0.5) is 4.79 Å². The maximum absolute atomic E-state index is 11.5. The van der Waals surface area contributed by atoms with Crippen LogP contribution in [-0.2, 0) is 4.74 Å². The first-order valence-corrected chi connectivity index (χ1v) is 4.58. The molecule has 0 bridgehead atoms. The third kappa shape index (κ3) is 2.86. The molecule has 1 aliphatic heterocycles. The van der Waals surface area contributed by atoms with Crippen LogP contribution in [0, 0.1) is 0 Å². The third-order valence-corrected chi connectivity index (χ3v) is 2.05. The van der Waals surface area contributed by atoms with Crippen molar-refractivity contribution in [1.29, 1.82) is 0 Å². The van der Waals surface area contributed by atoms with Gasteiger partial charge in [-0.2, -0.15) is 0 Å². The molecule has 1 saturated heterocycles. The van der Waals surface area contributed by atoms with Gasteiger partial charge in [0.25, 0.3) is 0 Å². The molecule has 0 aliphatic carbocycles. The van der Waals surface area contributed by atoms with E-state index in [1.165, 1.54) is 0 Å². The largest absolute Gasteiger partial charge is 0.377 e. The topological polar surface area (TPSA) is 67.6 Å². The number of amides is 2. The SMILES string of the molecule is CC1COCCN1C(=O)NCCN. The zero-order valence-electron chi connectivity index (χ0n) is 7.95. The zero-order valence-corrected chi connectivity index (χ0v) is 7.95. The van der Waals surface area contributed by atoms with Crippen molar-refractivity contribution in [2.24, 2.45) is 5.73 Å². The molecule has 1 rings (SSSR count). The second-order valence-electron chi connectivity index (χ2n) is 3.14. The Balaban J connectivity index is 2.35. The minimum atomic E-state index is -0.0405. The fourth-order valence-electron chi connectivity index (χ4n) is 1.31. The Morgan fingerprint density at radius 3 is 3.15 bits per heavy atom. The lowest BCUT2D eigenvalue weighted by molar-refractivity contribution is 0.0191. The summed E-state index contributed by atoms with van der Waals surface area (Å²) in [6.07, 6.45) is 0. The van der Waals surface area contributed by atoms with Crippen LogP contribution in [0.5, 0.6) is 0 Å². The number of nitrogens with one attached hydrogen (secondary N) is 1. The van der Waals surface area contributed by atoms with Gasteiger partial charge in [0.15, 0.2) is 0 Å². The minimum Gasteiger partial charge on any atom is -0.377 e. The maximum Gasteiger partial charge on any atom is 0.317 e. The van der Waals surface area contributed by atoms with E-state index in [1.807, 2.05) is 6.92 Å². The quantitative estimate of drug-likeness (QED) is 0.605. The van der Waals surface area contributed by atoms with Crippen LogP contribution in [0.1, 0.15) is 6.92 Å². The summed E-state index contributed by atoms with van der Waals surface area (Å²) >= 11 is 0. The summed E-state index contributed by atoms with van der Waals surface area (Å²) in [5.41, 5.74) is 5.28. The smallest absolute Gasteiger partial charge is 0.317 e. The molecule has 0 aromatic heterocycles. The second kappa shape index (κ2) is 5.04. The van der Waals surface area contributed by atoms with Crippen molar-refractivity contribution < 1.29 is 9.53 Å². The number of nitrogens with two attached hydrogens (primary N) is 1. The lowest BCUT2D eigenvalue weighted by Crippen LogP contribution is -2.51. The summed E-state index contributed by atoms with van der Waals surface area (Å²) in [5.74, 6) is 0. The Morgan fingerprint density at radius 1 is 1.77 bits per heavy atom. The summed E-state index contributed by atoms with van der Waals surface area (Å²) < 4.78 is 5.22. The van der Waals surface area contributed by atoms with E-state index in [1.54, 1.807) is 4.90 Å². The zero-order chi connectivity index (χ0) is 9.68. The van der Waals surface area contributed by atoms with Crippen LogP contribution in [0.15, 0.2) is 0 Å². The van der Waals surface area contributed by atoms with Crippen molar-refractivity contribution in [3.05, 3.63) is 0 Å². The van der Waals surface area contributed by atoms with Crippen molar-refractivity contribution in [2.45, 2.75) is 13.0 Å². The van der Waals surface area contributed by atoms with Gasteiger partial charge in [0.2, 0.25) is 0 Å². The highest BCUT2D eigenvalue weighted by Gasteiger charge is 2.22. The van der Waals surface area contributed by atoms with Gasteiger partial charge in [-0.25, -0.2) is 4.79 Å². The highest BCUT2D eigenvalue weighted by Crippen LogP contribution is 2.05. The van der Waals surface area contributed by atoms with Crippen LogP contribution in [0.3, 0.4) is 0 Å². The number of hydrogen-bond donors (Lipinski definition) is 2. The van der Waals surface area contributed by atoms with E-state index in [-0.39, 0.29) is 12.1 Å². The van der Waals surface area contributed by atoms with Crippen LogP contribution in [0.2, 0.25) is 0 Å². The molecule has 13 heavy (non-hydrogen) atoms. The number of morpholine rings is 1. The number of ether oxygens (including phenoxy) is 1. The first-order valence-electron chi connectivity index (χ1n) is 4.58. The van der Waals surface area contributed by atoms with Crippen LogP contribution >= 0.6 is 0 Å². The number of carbonyl (C=O) groups is 1. The van der Waals surface area contributed by atoms with Gasteiger partial charge in [-0.15, -0.1) is 0 Å². The fourth-order valence-corrected chi connectivity index (χ4v) is 1.31. The molecule has 0 aromatic rings. The van der Waals surface area contributed by atoms with Gasteiger partial charge in [0.05, 0.1) is 19.3 Å².